The number of fused-ring (bicyclic) bond motifs is 1. The van der Waals surface area contributed by atoms with E-state index in [2.05, 4.69) is 27.4 Å². The normalized spacial score (nSPS) is 47.4. The molecule has 0 spiro atoms. The lowest BCUT2D eigenvalue weighted by Gasteiger charge is -2.47. The molecule has 1 aliphatic carbocycles. The van der Waals surface area contributed by atoms with E-state index in [1.54, 1.807) is 0 Å². The molecule has 1 unspecified atom stereocenters. The van der Waals surface area contributed by atoms with Crippen molar-refractivity contribution in [3.05, 3.63) is 12.3 Å². The van der Waals surface area contributed by atoms with Crippen molar-refractivity contribution in [3.8, 4) is 0 Å². The van der Waals surface area contributed by atoms with E-state index in [4.69, 9.17) is 4.74 Å². The zero-order valence-electron chi connectivity index (χ0n) is 9.73. The molecule has 0 radical (unpaired) electrons. The predicted molar refractivity (Wildman–Crippen MR) is 59.0 cm³/mol. The fourth-order valence-electron chi connectivity index (χ4n) is 3.54. The van der Waals surface area contributed by atoms with Gasteiger partial charge in [-0.3, -0.25) is 0 Å². The molecule has 1 nitrogen and oxygen atoms in total. The zero-order valence-corrected chi connectivity index (χ0v) is 9.73. The Morgan fingerprint density at radius 2 is 2.14 bits per heavy atom. The summed E-state index contributed by atoms with van der Waals surface area (Å²) in [6, 6.07) is 0. The molecule has 1 aliphatic heterocycles. The number of hydrogen-bond acceptors (Lipinski definition) is 1. The van der Waals surface area contributed by atoms with Gasteiger partial charge >= 0.3 is 0 Å². The monoisotopic (exact) mass is 194 g/mol. The lowest BCUT2D eigenvalue weighted by atomic mass is 9.60. The minimum absolute atomic E-state index is 0.0973. The van der Waals surface area contributed by atoms with Crippen LogP contribution in [0.2, 0.25) is 0 Å². The molecule has 0 amide bonds. The van der Waals surface area contributed by atoms with Crippen LogP contribution in [0.25, 0.3) is 0 Å². The Bertz CT molecular complexity index is 258. The molecule has 3 atom stereocenters. The average molecular weight is 194 g/mol. The Morgan fingerprint density at radius 1 is 1.43 bits per heavy atom. The molecule has 0 aromatic heterocycles. The van der Waals surface area contributed by atoms with E-state index in [1.807, 2.05) is 0 Å². The van der Waals surface area contributed by atoms with E-state index in [0.717, 1.165) is 12.2 Å². The van der Waals surface area contributed by atoms with Gasteiger partial charge in [0.15, 0.2) is 0 Å². The van der Waals surface area contributed by atoms with Crippen molar-refractivity contribution in [1.29, 1.82) is 0 Å². The van der Waals surface area contributed by atoms with Gasteiger partial charge < -0.3 is 4.74 Å². The Balaban J connectivity index is 2.30. The molecule has 1 saturated heterocycles. The summed E-state index contributed by atoms with van der Waals surface area (Å²) in [4.78, 5) is 0. The second-order valence-electron chi connectivity index (χ2n) is 5.57. The van der Waals surface area contributed by atoms with Crippen LogP contribution in [0.5, 0.6) is 0 Å². The van der Waals surface area contributed by atoms with Crippen molar-refractivity contribution in [2.45, 2.75) is 58.5 Å². The smallest absolute Gasteiger partial charge is 0.109 e. The lowest BCUT2D eigenvalue weighted by molar-refractivity contribution is -0.0629. The second kappa shape index (κ2) is 3.01. The van der Waals surface area contributed by atoms with E-state index < -0.39 is 0 Å². The van der Waals surface area contributed by atoms with Crippen LogP contribution in [-0.4, -0.2) is 5.60 Å². The number of allylic oxidation sites excluding steroid dienone is 1. The highest BCUT2D eigenvalue weighted by atomic mass is 16.5. The van der Waals surface area contributed by atoms with Crippen LogP contribution in [-0.2, 0) is 4.74 Å². The first kappa shape index (κ1) is 10.1. The van der Waals surface area contributed by atoms with Gasteiger partial charge in [-0.05, 0) is 31.6 Å². The van der Waals surface area contributed by atoms with Crippen molar-refractivity contribution in [3.63, 3.8) is 0 Å². The summed E-state index contributed by atoms with van der Waals surface area (Å²) >= 11 is 0. The van der Waals surface area contributed by atoms with Crippen molar-refractivity contribution < 1.29 is 4.74 Å². The quantitative estimate of drug-likeness (QED) is 0.615. The largest absolute Gasteiger partial charge is 0.492 e. The highest BCUT2D eigenvalue weighted by Gasteiger charge is 2.53. The molecule has 0 aromatic carbocycles. The molecule has 80 valence electrons. The first-order valence-electron chi connectivity index (χ1n) is 5.87. The second-order valence-corrected chi connectivity index (χ2v) is 5.57. The van der Waals surface area contributed by atoms with Crippen molar-refractivity contribution in [2.75, 3.05) is 0 Å². The van der Waals surface area contributed by atoms with Crippen LogP contribution in [0.4, 0.5) is 0 Å². The Hall–Kier alpha value is -0.460. The molecule has 0 N–H and O–H groups in total. The SMILES string of the molecule is C=C1CC2[C@@](C)(CC)CCC[C@]2(C)O1. The topological polar surface area (TPSA) is 9.23 Å². The van der Waals surface area contributed by atoms with Crippen LogP contribution >= 0.6 is 0 Å². The first-order chi connectivity index (χ1) is 6.50. The summed E-state index contributed by atoms with van der Waals surface area (Å²) in [5.41, 5.74) is 0.576. The molecule has 0 bridgehead atoms. The minimum Gasteiger partial charge on any atom is -0.492 e. The summed E-state index contributed by atoms with van der Waals surface area (Å²) in [7, 11) is 0. The van der Waals surface area contributed by atoms with Gasteiger partial charge in [0.1, 0.15) is 5.60 Å². The fraction of sp³-hybridized carbons (Fsp3) is 0.846. The molecular weight excluding hydrogens is 172 g/mol. The molecule has 14 heavy (non-hydrogen) atoms. The van der Waals surface area contributed by atoms with Crippen molar-refractivity contribution >= 4 is 0 Å². The Labute approximate surface area is 87.5 Å². The van der Waals surface area contributed by atoms with Crippen LogP contribution < -0.4 is 0 Å². The van der Waals surface area contributed by atoms with E-state index >= 15 is 0 Å². The van der Waals surface area contributed by atoms with Gasteiger partial charge in [-0.25, -0.2) is 0 Å². The summed E-state index contributed by atoms with van der Waals surface area (Å²) in [6.07, 6.45) is 6.24. The first-order valence-corrected chi connectivity index (χ1v) is 5.87. The molecule has 1 heterocycles. The van der Waals surface area contributed by atoms with Crippen LogP contribution in [0.15, 0.2) is 12.3 Å². The van der Waals surface area contributed by atoms with Crippen molar-refractivity contribution in [1.82, 2.24) is 0 Å². The minimum atomic E-state index is 0.0973. The average Bonchev–Trinajstić information content (AvgIpc) is 2.42. The van der Waals surface area contributed by atoms with Gasteiger partial charge in [-0.15, -0.1) is 0 Å². The Kier molecular flexibility index (Phi) is 2.17. The Morgan fingerprint density at radius 3 is 2.79 bits per heavy atom. The van der Waals surface area contributed by atoms with Crippen LogP contribution in [0.1, 0.15) is 52.9 Å². The summed E-state index contributed by atoms with van der Waals surface area (Å²) < 4.78 is 5.96. The van der Waals surface area contributed by atoms with E-state index in [1.165, 1.54) is 25.7 Å². The number of ether oxygens (including phenoxy) is 1. The predicted octanol–water partition coefficient (Wildman–Crippen LogP) is 3.90. The molecule has 2 fully saturated rings. The van der Waals surface area contributed by atoms with E-state index in [0.29, 0.717) is 11.3 Å². The molecule has 0 aromatic rings. The summed E-state index contributed by atoms with van der Waals surface area (Å²) in [6.45, 7) is 11.0. The van der Waals surface area contributed by atoms with E-state index in [9.17, 15) is 0 Å². The van der Waals surface area contributed by atoms with Gasteiger partial charge in [-0.1, -0.05) is 26.8 Å². The van der Waals surface area contributed by atoms with Gasteiger partial charge in [-0.2, -0.15) is 0 Å². The third-order valence-corrected chi connectivity index (χ3v) is 4.62. The van der Waals surface area contributed by atoms with Gasteiger partial charge in [0.25, 0.3) is 0 Å². The maximum atomic E-state index is 5.96. The fourth-order valence-corrected chi connectivity index (χ4v) is 3.54. The highest BCUT2D eigenvalue weighted by molar-refractivity contribution is 5.10. The molecule has 1 saturated carbocycles. The standard InChI is InChI=1S/C13H22O/c1-5-12(3)7-6-8-13(4)11(12)9-10(2)14-13/h11H,2,5-9H2,1,3-4H3/t11?,12-,13-/m0/s1. The van der Waals surface area contributed by atoms with Gasteiger partial charge in [0.05, 0.1) is 5.76 Å². The molecular formula is C13H22O. The van der Waals surface area contributed by atoms with E-state index in [-0.39, 0.29) is 5.60 Å². The van der Waals surface area contributed by atoms with Crippen LogP contribution in [0.3, 0.4) is 0 Å². The molecule has 2 aliphatic rings. The van der Waals surface area contributed by atoms with Gasteiger partial charge in [0.2, 0.25) is 0 Å². The third-order valence-electron chi connectivity index (χ3n) is 4.62. The molecule has 1 heteroatoms. The summed E-state index contributed by atoms with van der Waals surface area (Å²) in [5.74, 6) is 1.71. The zero-order chi connectivity index (χ0) is 10.4. The molecule has 2 rings (SSSR count). The highest BCUT2D eigenvalue weighted by Crippen LogP contribution is 2.56. The maximum absolute atomic E-state index is 5.96. The number of rotatable bonds is 1. The van der Waals surface area contributed by atoms with Crippen LogP contribution in [0, 0.1) is 11.3 Å². The maximum Gasteiger partial charge on any atom is 0.109 e. The van der Waals surface area contributed by atoms with Crippen molar-refractivity contribution in [2.24, 2.45) is 11.3 Å². The lowest BCUT2D eigenvalue weighted by Crippen LogP contribution is -2.45. The summed E-state index contributed by atoms with van der Waals surface area (Å²) in [5, 5.41) is 0. The third kappa shape index (κ3) is 1.29. The number of hydrogen-bond donors (Lipinski definition) is 0. The van der Waals surface area contributed by atoms with Gasteiger partial charge in [0, 0.05) is 12.3 Å².